The number of hydrogen-bond acceptors (Lipinski definition) is 5. The van der Waals surface area contributed by atoms with E-state index in [1.54, 1.807) is 42.7 Å². The molecule has 1 saturated carbocycles. The average Bonchev–Trinajstić information content (AvgIpc) is 2.74. The van der Waals surface area contributed by atoms with Gasteiger partial charge < -0.3 is 15.4 Å². The molecule has 8 heteroatoms. The van der Waals surface area contributed by atoms with Crippen LogP contribution in [-0.2, 0) is 21.1 Å². The summed E-state index contributed by atoms with van der Waals surface area (Å²) < 4.78 is 31.9. The summed E-state index contributed by atoms with van der Waals surface area (Å²) in [4.78, 5) is 16.3. The van der Waals surface area contributed by atoms with E-state index < -0.39 is 15.1 Å². The van der Waals surface area contributed by atoms with Gasteiger partial charge in [0.2, 0.25) is 0 Å². The van der Waals surface area contributed by atoms with Crippen LogP contribution < -0.4 is 10.6 Å². The Labute approximate surface area is 171 Å². The molecular weight excluding hydrogens is 390 g/mol. The molecule has 1 heterocycles. The van der Waals surface area contributed by atoms with Gasteiger partial charge >= 0.3 is 6.03 Å². The molecule has 0 bridgehead atoms. The number of benzene rings is 1. The van der Waals surface area contributed by atoms with E-state index in [1.807, 2.05) is 13.0 Å². The number of amides is 2. The summed E-state index contributed by atoms with van der Waals surface area (Å²) in [5.41, 5.74) is 1.41. The minimum atomic E-state index is -3.49. The van der Waals surface area contributed by atoms with Crippen LogP contribution in [0, 0.1) is 0 Å². The lowest BCUT2D eigenvalue weighted by atomic mass is 9.97. The highest BCUT2D eigenvalue weighted by Gasteiger charge is 2.37. The molecule has 2 atom stereocenters. The summed E-state index contributed by atoms with van der Waals surface area (Å²) in [6.45, 7) is 2.75. The van der Waals surface area contributed by atoms with Crippen molar-refractivity contribution in [3.05, 3.63) is 54.4 Å². The van der Waals surface area contributed by atoms with Crippen LogP contribution in [0.15, 0.2) is 53.7 Å². The van der Waals surface area contributed by atoms with Gasteiger partial charge in [-0.05, 0) is 55.7 Å². The van der Waals surface area contributed by atoms with Crippen molar-refractivity contribution in [3.8, 4) is 0 Å². The van der Waals surface area contributed by atoms with E-state index >= 15 is 0 Å². The van der Waals surface area contributed by atoms with Gasteiger partial charge in [0, 0.05) is 31.2 Å². The average molecular weight is 418 g/mol. The zero-order chi connectivity index (χ0) is 20.7. The zero-order valence-electron chi connectivity index (χ0n) is 16.5. The van der Waals surface area contributed by atoms with Crippen molar-refractivity contribution >= 4 is 21.6 Å². The molecule has 1 aliphatic rings. The van der Waals surface area contributed by atoms with Gasteiger partial charge in [-0.25, -0.2) is 13.2 Å². The number of nitrogens with zero attached hydrogens (tertiary/aromatic N) is 1. The van der Waals surface area contributed by atoms with Crippen LogP contribution in [0.25, 0.3) is 0 Å². The second-order valence-electron chi connectivity index (χ2n) is 7.06. The summed E-state index contributed by atoms with van der Waals surface area (Å²) in [6, 6.07) is 9.61. The van der Waals surface area contributed by atoms with E-state index in [9.17, 15) is 13.2 Å². The molecule has 2 unspecified atom stereocenters. The third-order valence-corrected chi connectivity index (χ3v) is 7.30. The number of nitrogens with one attached hydrogen (secondary N) is 2. The van der Waals surface area contributed by atoms with E-state index in [4.69, 9.17) is 4.74 Å². The number of aromatic nitrogens is 1. The maximum absolute atomic E-state index is 13.1. The first-order valence-electron chi connectivity index (χ1n) is 9.90. The monoisotopic (exact) mass is 417 g/mol. The Morgan fingerprint density at radius 2 is 1.93 bits per heavy atom. The predicted molar refractivity (Wildman–Crippen MR) is 111 cm³/mol. The van der Waals surface area contributed by atoms with Crippen molar-refractivity contribution in [1.82, 2.24) is 10.3 Å². The van der Waals surface area contributed by atoms with Crippen molar-refractivity contribution in [3.63, 3.8) is 0 Å². The summed E-state index contributed by atoms with van der Waals surface area (Å²) in [5.74, 6) is 0. The van der Waals surface area contributed by atoms with Crippen LogP contribution in [0.4, 0.5) is 10.5 Å². The van der Waals surface area contributed by atoms with Gasteiger partial charge in [-0.15, -0.1) is 0 Å². The van der Waals surface area contributed by atoms with E-state index in [1.165, 1.54) is 0 Å². The Morgan fingerprint density at radius 3 is 2.62 bits per heavy atom. The van der Waals surface area contributed by atoms with Crippen LogP contribution in [0.5, 0.6) is 0 Å². The van der Waals surface area contributed by atoms with Gasteiger partial charge in [-0.2, -0.15) is 0 Å². The second-order valence-corrected chi connectivity index (χ2v) is 9.22. The fourth-order valence-electron chi connectivity index (χ4n) is 3.59. The normalized spacial score (nSPS) is 19.5. The fraction of sp³-hybridized carbons (Fsp3) is 0.429. The summed E-state index contributed by atoms with van der Waals surface area (Å²) >= 11 is 0. The molecule has 156 valence electrons. The molecule has 1 aromatic heterocycles. The Hall–Kier alpha value is -2.45. The number of urea groups is 1. The molecule has 1 aliphatic carbocycles. The Kier molecular flexibility index (Phi) is 7.22. The van der Waals surface area contributed by atoms with Crippen LogP contribution in [-0.4, -0.2) is 37.4 Å². The number of sulfone groups is 1. The predicted octanol–water partition coefficient (Wildman–Crippen LogP) is 3.52. The highest BCUT2D eigenvalue weighted by molar-refractivity contribution is 7.92. The van der Waals surface area contributed by atoms with Gasteiger partial charge in [-0.3, -0.25) is 4.98 Å². The summed E-state index contributed by atoms with van der Waals surface area (Å²) in [6.07, 6.45) is 6.37. The second kappa shape index (κ2) is 9.84. The van der Waals surface area contributed by atoms with Crippen molar-refractivity contribution in [1.29, 1.82) is 0 Å². The molecule has 3 rings (SSSR count). The molecule has 1 aromatic carbocycles. The Balaban J connectivity index is 1.62. The molecule has 7 nitrogen and oxygen atoms in total. The molecular formula is C21H27N3O4S. The van der Waals surface area contributed by atoms with E-state index in [0.717, 1.165) is 24.8 Å². The molecule has 29 heavy (non-hydrogen) atoms. The first-order valence-corrected chi connectivity index (χ1v) is 11.4. The zero-order valence-corrected chi connectivity index (χ0v) is 17.3. The third-order valence-electron chi connectivity index (χ3n) is 5.04. The number of carbonyl (C=O) groups excluding carboxylic acids is 1. The van der Waals surface area contributed by atoms with E-state index in [-0.39, 0.29) is 17.0 Å². The molecule has 1 fully saturated rings. The lowest BCUT2D eigenvalue weighted by Gasteiger charge is -2.30. The quantitative estimate of drug-likeness (QED) is 0.718. The molecule has 2 N–H and O–H groups in total. The van der Waals surface area contributed by atoms with Gasteiger partial charge in [-0.1, -0.05) is 18.9 Å². The largest absolute Gasteiger partial charge is 0.377 e. The number of ether oxygens (including phenoxy) is 1. The van der Waals surface area contributed by atoms with E-state index in [2.05, 4.69) is 15.6 Å². The van der Waals surface area contributed by atoms with Crippen molar-refractivity contribution < 1.29 is 17.9 Å². The number of hydrogen-bond donors (Lipinski definition) is 2. The molecule has 0 aliphatic heterocycles. The number of pyridine rings is 1. The van der Waals surface area contributed by atoms with Gasteiger partial charge in [0.15, 0.2) is 9.84 Å². The van der Waals surface area contributed by atoms with Gasteiger partial charge in [0.05, 0.1) is 16.2 Å². The van der Waals surface area contributed by atoms with Crippen LogP contribution in [0.2, 0.25) is 0 Å². The lowest BCUT2D eigenvalue weighted by Crippen LogP contribution is -2.38. The highest BCUT2D eigenvalue weighted by atomic mass is 32.2. The SMILES string of the molecule is CCOC1CCCCC1S(=O)(=O)c1ccc(NC(=O)NCc2cccnc2)cc1. The lowest BCUT2D eigenvalue weighted by molar-refractivity contribution is 0.0395. The molecule has 0 spiro atoms. The molecule has 0 saturated heterocycles. The van der Waals surface area contributed by atoms with Gasteiger partial charge in [0.25, 0.3) is 0 Å². The molecule has 2 aromatic rings. The maximum atomic E-state index is 13.1. The van der Waals surface area contributed by atoms with Crippen molar-refractivity contribution in [2.75, 3.05) is 11.9 Å². The van der Waals surface area contributed by atoms with E-state index in [0.29, 0.717) is 25.3 Å². The number of carbonyl (C=O) groups is 1. The third kappa shape index (κ3) is 5.55. The standard InChI is InChI=1S/C21H27N3O4S/c1-2-28-19-7-3-4-8-20(19)29(26,27)18-11-9-17(10-12-18)24-21(25)23-15-16-6-5-13-22-14-16/h5-6,9-14,19-20H,2-4,7-8,15H2,1H3,(H2,23,24,25). The molecule has 0 radical (unpaired) electrons. The topological polar surface area (TPSA) is 97.4 Å². The summed E-state index contributed by atoms with van der Waals surface area (Å²) in [5, 5.41) is 4.93. The Bertz CT molecular complexity index is 899. The first kappa shape index (κ1) is 21.3. The maximum Gasteiger partial charge on any atom is 0.319 e. The fourth-order valence-corrected chi connectivity index (χ4v) is 5.54. The van der Waals surface area contributed by atoms with Crippen molar-refractivity contribution in [2.45, 2.75) is 55.4 Å². The smallest absolute Gasteiger partial charge is 0.319 e. The number of rotatable bonds is 7. The van der Waals surface area contributed by atoms with Crippen LogP contribution in [0.1, 0.15) is 38.2 Å². The van der Waals surface area contributed by atoms with Crippen LogP contribution >= 0.6 is 0 Å². The minimum absolute atomic E-state index is 0.255. The van der Waals surface area contributed by atoms with Gasteiger partial charge in [0.1, 0.15) is 0 Å². The summed E-state index contributed by atoms with van der Waals surface area (Å²) in [7, 11) is -3.49. The Morgan fingerprint density at radius 1 is 1.17 bits per heavy atom. The minimum Gasteiger partial charge on any atom is -0.377 e. The van der Waals surface area contributed by atoms with Crippen LogP contribution in [0.3, 0.4) is 0 Å². The highest BCUT2D eigenvalue weighted by Crippen LogP contribution is 2.31. The van der Waals surface area contributed by atoms with Crippen molar-refractivity contribution in [2.24, 2.45) is 0 Å². The number of anilines is 1. The first-order chi connectivity index (χ1) is 14.0. The molecule has 2 amide bonds.